The van der Waals surface area contributed by atoms with Gasteiger partial charge in [-0.15, -0.1) is 0 Å². The Balaban J connectivity index is 1.88. The molecule has 3 rings (SSSR count). The molecule has 0 radical (unpaired) electrons. The largest absolute Gasteiger partial charge is 0.465 e. The minimum Gasteiger partial charge on any atom is -0.465 e. The molecule has 1 N–H and O–H groups in total. The highest BCUT2D eigenvalue weighted by Gasteiger charge is 2.20. The van der Waals surface area contributed by atoms with Crippen molar-refractivity contribution >= 4 is 11.9 Å². The molecule has 0 heterocycles. The van der Waals surface area contributed by atoms with Crippen LogP contribution in [-0.2, 0) is 4.74 Å². The molecule has 4 heteroatoms. The summed E-state index contributed by atoms with van der Waals surface area (Å²) in [5.74, 6) is -0.499. The van der Waals surface area contributed by atoms with Crippen molar-refractivity contribution in [3.63, 3.8) is 0 Å². The van der Waals surface area contributed by atoms with Gasteiger partial charge < -0.3 is 10.1 Å². The van der Waals surface area contributed by atoms with Crippen LogP contribution in [0.25, 0.3) is 11.1 Å². The zero-order valence-electron chi connectivity index (χ0n) is 20.2. The summed E-state index contributed by atoms with van der Waals surface area (Å²) in [6, 6.07) is 24.8. The van der Waals surface area contributed by atoms with Crippen molar-refractivity contribution in [2.24, 2.45) is 0 Å². The van der Waals surface area contributed by atoms with Crippen LogP contribution in [0.4, 0.5) is 0 Å². The van der Waals surface area contributed by atoms with Crippen LogP contribution in [0.1, 0.15) is 71.9 Å². The number of esters is 1. The predicted molar refractivity (Wildman–Crippen MR) is 138 cm³/mol. The Morgan fingerprint density at radius 3 is 2.03 bits per heavy atom. The van der Waals surface area contributed by atoms with E-state index in [0.29, 0.717) is 11.1 Å². The van der Waals surface area contributed by atoms with E-state index in [1.807, 2.05) is 54.6 Å². The van der Waals surface area contributed by atoms with Crippen LogP contribution in [0.3, 0.4) is 0 Å². The number of unbranched alkanes of at least 4 members (excludes halogenated alkanes) is 1. The molecule has 0 unspecified atom stereocenters. The number of carbonyl (C=O) groups excluding carboxylic acids is 2. The molecule has 0 aliphatic rings. The van der Waals surface area contributed by atoms with Gasteiger partial charge in [-0.3, -0.25) is 4.79 Å². The summed E-state index contributed by atoms with van der Waals surface area (Å²) in [4.78, 5) is 25.1. The van der Waals surface area contributed by atoms with Gasteiger partial charge in [0.1, 0.15) is 0 Å². The summed E-state index contributed by atoms with van der Waals surface area (Å²) in [5.41, 5.74) is 5.42. The van der Waals surface area contributed by atoms with E-state index in [9.17, 15) is 9.59 Å². The number of ether oxygens (including phenoxy) is 1. The molecule has 34 heavy (non-hydrogen) atoms. The SMILES string of the molecule is CCC/C=C(\CCC)[C@@H](NC(=O)c1ccc(-c2ccccc2)cc1)c1ccc(C(=O)OC)cc1. The molecular weight excluding hydrogens is 422 g/mol. The summed E-state index contributed by atoms with van der Waals surface area (Å²) in [6.07, 6.45) is 6.09. The predicted octanol–water partition coefficient (Wildman–Crippen LogP) is 7.14. The van der Waals surface area contributed by atoms with E-state index in [-0.39, 0.29) is 17.9 Å². The van der Waals surface area contributed by atoms with Gasteiger partial charge in [-0.25, -0.2) is 4.79 Å². The maximum Gasteiger partial charge on any atom is 0.337 e. The second-order valence-corrected chi connectivity index (χ2v) is 8.28. The first-order chi connectivity index (χ1) is 16.6. The van der Waals surface area contributed by atoms with Gasteiger partial charge in [-0.05, 0) is 59.4 Å². The van der Waals surface area contributed by atoms with Gasteiger partial charge in [0, 0.05) is 5.56 Å². The van der Waals surface area contributed by atoms with Crippen LogP contribution in [0, 0.1) is 0 Å². The Hall–Kier alpha value is -3.66. The van der Waals surface area contributed by atoms with Gasteiger partial charge in [0.2, 0.25) is 0 Å². The van der Waals surface area contributed by atoms with Crippen molar-refractivity contribution in [3.8, 4) is 11.1 Å². The third kappa shape index (κ3) is 6.44. The number of benzene rings is 3. The highest BCUT2D eigenvalue weighted by atomic mass is 16.5. The monoisotopic (exact) mass is 455 g/mol. The Kier molecular flexibility index (Phi) is 9.21. The lowest BCUT2D eigenvalue weighted by molar-refractivity contribution is 0.0600. The third-order valence-electron chi connectivity index (χ3n) is 5.80. The number of hydrogen-bond donors (Lipinski definition) is 1. The summed E-state index contributed by atoms with van der Waals surface area (Å²) in [5, 5.41) is 3.24. The molecule has 1 atom stereocenters. The fraction of sp³-hybridized carbons (Fsp3) is 0.267. The number of nitrogens with one attached hydrogen (secondary N) is 1. The van der Waals surface area contributed by atoms with Gasteiger partial charge in [-0.1, -0.05) is 87.4 Å². The number of methoxy groups -OCH3 is 1. The Labute approximate surface area is 202 Å². The molecule has 0 aliphatic carbocycles. The number of hydrogen-bond acceptors (Lipinski definition) is 3. The maximum absolute atomic E-state index is 13.3. The van der Waals surface area contributed by atoms with Gasteiger partial charge in [-0.2, -0.15) is 0 Å². The minimum atomic E-state index is -0.374. The molecule has 0 spiro atoms. The van der Waals surface area contributed by atoms with Gasteiger partial charge in [0.25, 0.3) is 5.91 Å². The Bertz CT molecular complexity index is 1100. The van der Waals surface area contributed by atoms with Crippen LogP contribution in [0.5, 0.6) is 0 Å². The zero-order valence-corrected chi connectivity index (χ0v) is 20.2. The first-order valence-corrected chi connectivity index (χ1v) is 11.9. The fourth-order valence-electron chi connectivity index (χ4n) is 3.96. The van der Waals surface area contributed by atoms with Crippen LogP contribution >= 0.6 is 0 Å². The highest BCUT2D eigenvalue weighted by Crippen LogP contribution is 2.28. The lowest BCUT2D eigenvalue weighted by Crippen LogP contribution is -2.30. The summed E-state index contributed by atoms with van der Waals surface area (Å²) in [7, 11) is 1.37. The third-order valence-corrected chi connectivity index (χ3v) is 5.80. The van der Waals surface area contributed by atoms with E-state index in [1.165, 1.54) is 12.7 Å². The standard InChI is InChI=1S/C30H33NO3/c1-4-6-11-24(10-5-2)28(25-16-20-27(21-17-25)30(33)34-3)31-29(32)26-18-14-23(15-19-26)22-12-8-7-9-13-22/h7-9,11-21,28H,4-6,10H2,1-3H3,(H,31,32)/b24-11+/t28-/m1/s1. The lowest BCUT2D eigenvalue weighted by atomic mass is 9.93. The molecule has 0 aromatic heterocycles. The second-order valence-electron chi connectivity index (χ2n) is 8.28. The Morgan fingerprint density at radius 2 is 1.44 bits per heavy atom. The molecule has 0 aliphatic heterocycles. The first-order valence-electron chi connectivity index (χ1n) is 11.9. The molecule has 0 saturated heterocycles. The van der Waals surface area contributed by atoms with Crippen LogP contribution in [0.15, 0.2) is 90.5 Å². The molecule has 4 nitrogen and oxygen atoms in total. The van der Waals surface area contributed by atoms with Crippen molar-refractivity contribution in [2.75, 3.05) is 7.11 Å². The molecule has 176 valence electrons. The normalized spacial score (nSPS) is 12.1. The number of amides is 1. The van der Waals surface area contributed by atoms with Gasteiger partial charge in [0.15, 0.2) is 0 Å². The molecule has 0 fully saturated rings. The van der Waals surface area contributed by atoms with Crippen molar-refractivity contribution in [1.29, 1.82) is 0 Å². The molecular formula is C30H33NO3. The Morgan fingerprint density at radius 1 is 0.824 bits per heavy atom. The van der Waals surface area contributed by atoms with Crippen LogP contribution in [-0.4, -0.2) is 19.0 Å². The zero-order chi connectivity index (χ0) is 24.3. The van der Waals surface area contributed by atoms with E-state index in [0.717, 1.165) is 42.4 Å². The lowest BCUT2D eigenvalue weighted by Gasteiger charge is -2.23. The van der Waals surface area contributed by atoms with Crippen LogP contribution in [0.2, 0.25) is 0 Å². The van der Waals surface area contributed by atoms with Gasteiger partial charge in [0.05, 0.1) is 18.7 Å². The number of carbonyl (C=O) groups is 2. The summed E-state index contributed by atoms with van der Waals surface area (Å²) >= 11 is 0. The minimum absolute atomic E-state index is 0.125. The van der Waals surface area contributed by atoms with E-state index in [1.54, 1.807) is 12.1 Å². The fourth-order valence-corrected chi connectivity index (χ4v) is 3.96. The summed E-state index contributed by atoms with van der Waals surface area (Å²) < 4.78 is 4.82. The molecule has 1 amide bonds. The highest BCUT2D eigenvalue weighted by molar-refractivity contribution is 5.95. The van der Waals surface area contributed by atoms with E-state index >= 15 is 0 Å². The van der Waals surface area contributed by atoms with Crippen LogP contribution < -0.4 is 5.32 Å². The van der Waals surface area contributed by atoms with Crippen molar-refractivity contribution in [1.82, 2.24) is 5.32 Å². The van der Waals surface area contributed by atoms with Crippen molar-refractivity contribution in [2.45, 2.75) is 45.6 Å². The second kappa shape index (κ2) is 12.5. The molecule has 0 bridgehead atoms. The quantitative estimate of drug-likeness (QED) is 0.261. The maximum atomic E-state index is 13.3. The van der Waals surface area contributed by atoms with Crippen molar-refractivity contribution in [3.05, 3.63) is 107 Å². The van der Waals surface area contributed by atoms with E-state index in [2.05, 4.69) is 37.4 Å². The topological polar surface area (TPSA) is 55.4 Å². The number of rotatable bonds is 10. The molecule has 3 aromatic carbocycles. The van der Waals surface area contributed by atoms with E-state index < -0.39 is 0 Å². The average molecular weight is 456 g/mol. The van der Waals surface area contributed by atoms with E-state index in [4.69, 9.17) is 4.74 Å². The van der Waals surface area contributed by atoms with Gasteiger partial charge >= 0.3 is 5.97 Å². The molecule has 3 aromatic rings. The average Bonchev–Trinajstić information content (AvgIpc) is 2.90. The molecule has 0 saturated carbocycles. The smallest absolute Gasteiger partial charge is 0.337 e. The number of allylic oxidation sites excluding steroid dienone is 1. The van der Waals surface area contributed by atoms with Crippen molar-refractivity contribution < 1.29 is 14.3 Å². The summed E-state index contributed by atoms with van der Waals surface area (Å²) in [6.45, 7) is 4.29. The first kappa shape index (κ1) is 25.0.